The lowest BCUT2D eigenvalue weighted by molar-refractivity contribution is 0.623. The van der Waals surface area contributed by atoms with E-state index in [1.807, 2.05) is 35.1 Å². The first-order valence-corrected chi connectivity index (χ1v) is 5.65. The molecule has 4 heteroatoms. The summed E-state index contributed by atoms with van der Waals surface area (Å²) >= 11 is 0. The third kappa shape index (κ3) is 1.71. The van der Waals surface area contributed by atoms with Crippen molar-refractivity contribution in [2.24, 2.45) is 0 Å². The molecule has 84 valence electrons. The van der Waals surface area contributed by atoms with Crippen molar-refractivity contribution in [3.8, 4) is 11.8 Å². The summed E-state index contributed by atoms with van der Waals surface area (Å²) < 4.78 is 1.97. The smallest absolute Gasteiger partial charge is 0.0991 e. The highest BCUT2D eigenvalue weighted by atomic mass is 15.3. The topological polar surface area (TPSA) is 53.6 Å². The molecule has 0 fully saturated rings. The lowest BCUT2D eigenvalue weighted by atomic mass is 10.1. The summed E-state index contributed by atoms with van der Waals surface area (Å²) in [6.45, 7) is 1.89. The summed E-state index contributed by atoms with van der Waals surface area (Å²) in [5.74, 6) is 0. The van der Waals surface area contributed by atoms with E-state index in [9.17, 15) is 0 Å². The standard InChI is InChI=1S/C13H12N4/c14-7-10-1-3-12(4-2-10)17-13-5-6-15-8-11(13)9-16-17/h1-4,9,15H,5-6,8H2. The van der Waals surface area contributed by atoms with E-state index in [0.717, 1.165) is 25.2 Å². The Morgan fingerprint density at radius 2 is 2.12 bits per heavy atom. The lowest BCUT2D eigenvalue weighted by Gasteiger charge is -2.15. The lowest BCUT2D eigenvalue weighted by Crippen LogP contribution is -2.24. The van der Waals surface area contributed by atoms with Crippen molar-refractivity contribution >= 4 is 0 Å². The van der Waals surface area contributed by atoms with Crippen molar-refractivity contribution < 1.29 is 0 Å². The first-order valence-electron chi connectivity index (χ1n) is 5.65. The number of rotatable bonds is 1. The van der Waals surface area contributed by atoms with E-state index in [1.54, 1.807) is 0 Å². The molecule has 1 N–H and O–H groups in total. The van der Waals surface area contributed by atoms with Gasteiger partial charge in [-0.15, -0.1) is 0 Å². The second-order valence-corrected chi connectivity index (χ2v) is 4.11. The van der Waals surface area contributed by atoms with Crippen molar-refractivity contribution in [2.75, 3.05) is 6.54 Å². The molecule has 4 nitrogen and oxygen atoms in total. The number of hydrogen-bond acceptors (Lipinski definition) is 3. The fourth-order valence-corrected chi connectivity index (χ4v) is 2.15. The number of fused-ring (bicyclic) bond motifs is 1. The van der Waals surface area contributed by atoms with Crippen LogP contribution in [0, 0.1) is 11.3 Å². The third-order valence-electron chi connectivity index (χ3n) is 3.05. The van der Waals surface area contributed by atoms with Crippen molar-refractivity contribution in [1.82, 2.24) is 15.1 Å². The summed E-state index contributed by atoms with van der Waals surface area (Å²) in [5, 5.41) is 16.5. The quantitative estimate of drug-likeness (QED) is 0.796. The van der Waals surface area contributed by atoms with Gasteiger partial charge in [-0.25, -0.2) is 4.68 Å². The van der Waals surface area contributed by atoms with Gasteiger partial charge in [-0.05, 0) is 24.3 Å². The van der Waals surface area contributed by atoms with Crippen LogP contribution in [0.15, 0.2) is 30.5 Å². The number of nitriles is 1. The molecule has 0 bridgehead atoms. The number of aromatic nitrogens is 2. The van der Waals surface area contributed by atoms with Crippen LogP contribution in [0.4, 0.5) is 0 Å². The zero-order chi connectivity index (χ0) is 11.7. The van der Waals surface area contributed by atoms with Crippen molar-refractivity contribution in [3.05, 3.63) is 47.3 Å². The molecule has 1 aromatic carbocycles. The molecule has 0 aliphatic carbocycles. The third-order valence-corrected chi connectivity index (χ3v) is 3.05. The summed E-state index contributed by atoms with van der Waals surface area (Å²) in [6.07, 6.45) is 2.91. The van der Waals surface area contributed by atoms with Crippen LogP contribution in [0.25, 0.3) is 5.69 Å². The highest BCUT2D eigenvalue weighted by molar-refractivity contribution is 5.41. The SMILES string of the molecule is N#Cc1ccc(-n2ncc3c2CCNC3)cc1. The number of nitrogens with zero attached hydrogens (tertiary/aromatic N) is 3. The van der Waals surface area contributed by atoms with E-state index < -0.39 is 0 Å². The Hall–Kier alpha value is -2.12. The molecule has 0 spiro atoms. The highest BCUT2D eigenvalue weighted by Crippen LogP contribution is 2.18. The van der Waals surface area contributed by atoms with Gasteiger partial charge in [0.25, 0.3) is 0 Å². The molecule has 2 aromatic rings. The molecular weight excluding hydrogens is 212 g/mol. The maximum Gasteiger partial charge on any atom is 0.0991 e. The van der Waals surface area contributed by atoms with E-state index >= 15 is 0 Å². The Morgan fingerprint density at radius 3 is 2.88 bits per heavy atom. The van der Waals surface area contributed by atoms with Gasteiger partial charge in [0.05, 0.1) is 23.5 Å². The summed E-state index contributed by atoms with van der Waals surface area (Å²) in [6, 6.07) is 9.65. The molecule has 1 aliphatic rings. The van der Waals surface area contributed by atoms with Gasteiger partial charge in [0, 0.05) is 30.8 Å². The minimum absolute atomic E-state index is 0.677. The highest BCUT2D eigenvalue weighted by Gasteiger charge is 2.15. The normalized spacial score (nSPS) is 14.1. The Balaban J connectivity index is 2.03. The molecule has 17 heavy (non-hydrogen) atoms. The molecule has 0 amide bonds. The zero-order valence-electron chi connectivity index (χ0n) is 9.35. The minimum atomic E-state index is 0.677. The summed E-state index contributed by atoms with van der Waals surface area (Å²) in [5.41, 5.74) is 4.23. The monoisotopic (exact) mass is 224 g/mol. The van der Waals surface area contributed by atoms with Crippen LogP contribution in [-0.2, 0) is 13.0 Å². The van der Waals surface area contributed by atoms with Gasteiger partial charge in [0.15, 0.2) is 0 Å². The van der Waals surface area contributed by atoms with Crippen molar-refractivity contribution in [3.63, 3.8) is 0 Å². The molecule has 1 aliphatic heterocycles. The predicted octanol–water partition coefficient (Wildman–Crippen LogP) is 1.39. The van der Waals surface area contributed by atoms with Crippen LogP contribution in [0.1, 0.15) is 16.8 Å². The van der Waals surface area contributed by atoms with Crippen LogP contribution in [0.2, 0.25) is 0 Å². The molecule has 0 radical (unpaired) electrons. The Morgan fingerprint density at radius 1 is 1.29 bits per heavy atom. The fourth-order valence-electron chi connectivity index (χ4n) is 2.15. The molecule has 3 rings (SSSR count). The van der Waals surface area contributed by atoms with Crippen LogP contribution in [-0.4, -0.2) is 16.3 Å². The Kier molecular flexibility index (Phi) is 2.39. The largest absolute Gasteiger partial charge is 0.312 e. The summed E-state index contributed by atoms with van der Waals surface area (Å²) in [4.78, 5) is 0. The predicted molar refractivity (Wildman–Crippen MR) is 63.7 cm³/mol. The first-order chi connectivity index (χ1) is 8.38. The van der Waals surface area contributed by atoms with E-state index in [1.165, 1.54) is 11.3 Å². The van der Waals surface area contributed by atoms with Crippen LogP contribution >= 0.6 is 0 Å². The van der Waals surface area contributed by atoms with Gasteiger partial charge in [-0.1, -0.05) is 0 Å². The molecule has 2 heterocycles. The van der Waals surface area contributed by atoms with Gasteiger partial charge in [0.2, 0.25) is 0 Å². The molecule has 0 saturated heterocycles. The van der Waals surface area contributed by atoms with E-state index in [-0.39, 0.29) is 0 Å². The molecule has 0 atom stereocenters. The maximum absolute atomic E-state index is 8.77. The molecule has 0 saturated carbocycles. The van der Waals surface area contributed by atoms with Gasteiger partial charge in [-0.2, -0.15) is 10.4 Å². The number of nitrogens with one attached hydrogen (secondary N) is 1. The fraction of sp³-hybridized carbons (Fsp3) is 0.231. The Bertz CT molecular complexity index is 574. The number of hydrogen-bond donors (Lipinski definition) is 1. The van der Waals surface area contributed by atoms with Gasteiger partial charge in [-0.3, -0.25) is 0 Å². The number of benzene rings is 1. The second kappa shape index (κ2) is 4.04. The average molecular weight is 224 g/mol. The van der Waals surface area contributed by atoms with Crippen molar-refractivity contribution in [2.45, 2.75) is 13.0 Å². The zero-order valence-corrected chi connectivity index (χ0v) is 9.35. The van der Waals surface area contributed by atoms with Crippen molar-refractivity contribution in [1.29, 1.82) is 5.26 Å². The van der Waals surface area contributed by atoms with Gasteiger partial charge < -0.3 is 5.32 Å². The van der Waals surface area contributed by atoms with Crippen LogP contribution < -0.4 is 5.32 Å². The summed E-state index contributed by atoms with van der Waals surface area (Å²) in [7, 11) is 0. The Labute approximate surface area is 99.5 Å². The first kappa shape index (κ1) is 10.1. The van der Waals surface area contributed by atoms with Gasteiger partial charge >= 0.3 is 0 Å². The minimum Gasteiger partial charge on any atom is -0.312 e. The van der Waals surface area contributed by atoms with Crippen LogP contribution in [0.5, 0.6) is 0 Å². The second-order valence-electron chi connectivity index (χ2n) is 4.11. The molecular formula is C13H12N4. The molecule has 0 unspecified atom stereocenters. The average Bonchev–Trinajstić information content (AvgIpc) is 2.83. The van der Waals surface area contributed by atoms with E-state index in [2.05, 4.69) is 16.5 Å². The maximum atomic E-state index is 8.77. The van der Waals surface area contributed by atoms with Crippen LogP contribution in [0.3, 0.4) is 0 Å². The molecule has 1 aromatic heterocycles. The van der Waals surface area contributed by atoms with Gasteiger partial charge in [0.1, 0.15) is 0 Å². The van der Waals surface area contributed by atoms with E-state index in [0.29, 0.717) is 5.56 Å². The van der Waals surface area contributed by atoms with E-state index in [4.69, 9.17) is 5.26 Å².